The number of carbonyl (C=O) groups is 3. The molecule has 0 saturated carbocycles. The maximum Gasteiger partial charge on any atom is 0.253 e. The number of nitrogens with zero attached hydrogens (tertiary/aromatic N) is 3. The van der Waals surface area contributed by atoms with Gasteiger partial charge in [0.25, 0.3) is 5.91 Å². The van der Waals surface area contributed by atoms with Gasteiger partial charge in [-0.3, -0.25) is 19.1 Å². The number of aryl methyl sites for hydroxylation is 2. The van der Waals surface area contributed by atoms with Crippen LogP contribution in [-0.2, 0) is 11.3 Å². The Kier molecular flexibility index (Phi) is 5.63. The summed E-state index contributed by atoms with van der Waals surface area (Å²) in [4.78, 5) is 38.6. The number of likely N-dealkylation sites (tertiary alicyclic amines) is 1. The molecule has 7 nitrogen and oxygen atoms in total. The molecule has 1 fully saturated rings. The van der Waals surface area contributed by atoms with Gasteiger partial charge in [0.15, 0.2) is 5.78 Å². The van der Waals surface area contributed by atoms with E-state index >= 15 is 0 Å². The van der Waals surface area contributed by atoms with Crippen molar-refractivity contribution in [3.63, 3.8) is 0 Å². The number of benzene rings is 1. The Bertz CT molecular complexity index is 939. The van der Waals surface area contributed by atoms with Gasteiger partial charge in [0.2, 0.25) is 5.91 Å². The Morgan fingerprint density at radius 3 is 2.36 bits per heavy atom. The van der Waals surface area contributed by atoms with Crippen molar-refractivity contribution < 1.29 is 14.4 Å². The molecule has 28 heavy (non-hydrogen) atoms. The number of ketones is 1. The van der Waals surface area contributed by atoms with Crippen LogP contribution in [0.3, 0.4) is 0 Å². The van der Waals surface area contributed by atoms with Crippen molar-refractivity contribution in [2.45, 2.75) is 47.1 Å². The fourth-order valence-electron chi connectivity index (χ4n) is 3.73. The van der Waals surface area contributed by atoms with Gasteiger partial charge >= 0.3 is 0 Å². The summed E-state index contributed by atoms with van der Waals surface area (Å²) >= 11 is 0. The molecule has 1 aromatic carbocycles. The third kappa shape index (κ3) is 3.98. The highest BCUT2D eigenvalue weighted by molar-refractivity contribution is 5.97. The summed E-state index contributed by atoms with van der Waals surface area (Å²) in [5.74, 6) is -0.254. The zero-order valence-electron chi connectivity index (χ0n) is 16.8. The predicted octanol–water partition coefficient (Wildman–Crippen LogP) is 2.89. The van der Waals surface area contributed by atoms with Crippen molar-refractivity contribution in [1.29, 1.82) is 0 Å². The van der Waals surface area contributed by atoms with Gasteiger partial charge in [-0.15, -0.1) is 0 Å². The largest absolute Gasteiger partial charge is 0.339 e. The maximum absolute atomic E-state index is 12.5. The average molecular weight is 382 g/mol. The number of nitrogens with one attached hydrogen (secondary N) is 1. The van der Waals surface area contributed by atoms with E-state index in [1.165, 1.54) is 6.92 Å². The summed E-state index contributed by atoms with van der Waals surface area (Å²) in [6.45, 7) is 8.55. The second kappa shape index (κ2) is 7.96. The Morgan fingerprint density at radius 1 is 1.11 bits per heavy atom. The second-order valence-electron chi connectivity index (χ2n) is 7.34. The Balaban J connectivity index is 1.70. The molecule has 0 bridgehead atoms. The number of rotatable bonds is 5. The van der Waals surface area contributed by atoms with Crippen molar-refractivity contribution in [2.24, 2.45) is 0 Å². The number of Topliss-reactive ketones (excluding diaryl/α,β-unsaturated/α-hetero) is 1. The quantitative estimate of drug-likeness (QED) is 0.806. The van der Waals surface area contributed by atoms with Crippen LogP contribution in [0.4, 0.5) is 5.69 Å². The van der Waals surface area contributed by atoms with Gasteiger partial charge in [0.1, 0.15) is 6.54 Å². The number of hydrogen-bond donors (Lipinski definition) is 1. The molecule has 1 aliphatic heterocycles. The summed E-state index contributed by atoms with van der Waals surface area (Å²) in [5.41, 5.74) is 4.01. The first-order valence-corrected chi connectivity index (χ1v) is 9.52. The van der Waals surface area contributed by atoms with E-state index in [0.717, 1.165) is 31.5 Å². The van der Waals surface area contributed by atoms with E-state index in [-0.39, 0.29) is 24.1 Å². The van der Waals surface area contributed by atoms with Gasteiger partial charge in [-0.1, -0.05) is 0 Å². The van der Waals surface area contributed by atoms with Crippen LogP contribution in [-0.4, -0.2) is 45.4 Å². The molecule has 0 atom stereocenters. The van der Waals surface area contributed by atoms with Crippen molar-refractivity contribution in [1.82, 2.24) is 14.7 Å². The topological polar surface area (TPSA) is 84.3 Å². The molecule has 148 valence electrons. The fourth-order valence-corrected chi connectivity index (χ4v) is 3.73. The molecule has 1 aromatic heterocycles. The summed E-state index contributed by atoms with van der Waals surface area (Å²) in [6.07, 6.45) is 2.10. The minimum Gasteiger partial charge on any atom is -0.339 e. The van der Waals surface area contributed by atoms with Crippen molar-refractivity contribution >= 4 is 23.3 Å². The molecular formula is C21H26N4O3. The summed E-state index contributed by atoms with van der Waals surface area (Å²) in [5, 5.41) is 7.17. The van der Waals surface area contributed by atoms with Crippen LogP contribution in [0.25, 0.3) is 0 Å². The molecule has 2 amide bonds. The molecule has 0 spiro atoms. The second-order valence-corrected chi connectivity index (χ2v) is 7.34. The lowest BCUT2D eigenvalue weighted by Gasteiger charge is -2.16. The number of amides is 2. The predicted molar refractivity (Wildman–Crippen MR) is 107 cm³/mol. The molecule has 1 aliphatic rings. The zero-order chi connectivity index (χ0) is 20.4. The van der Waals surface area contributed by atoms with Crippen LogP contribution >= 0.6 is 0 Å². The number of anilines is 1. The highest BCUT2D eigenvalue weighted by Gasteiger charge is 2.20. The zero-order valence-corrected chi connectivity index (χ0v) is 16.8. The molecule has 0 radical (unpaired) electrons. The van der Waals surface area contributed by atoms with Gasteiger partial charge in [-0.2, -0.15) is 5.10 Å². The van der Waals surface area contributed by atoms with Gasteiger partial charge in [0.05, 0.1) is 11.3 Å². The van der Waals surface area contributed by atoms with Crippen LogP contribution in [0.15, 0.2) is 18.2 Å². The van der Waals surface area contributed by atoms with E-state index in [4.69, 9.17) is 0 Å². The van der Waals surface area contributed by atoms with E-state index in [9.17, 15) is 14.4 Å². The minimum atomic E-state index is -0.234. The normalized spacial score (nSPS) is 13.6. The summed E-state index contributed by atoms with van der Waals surface area (Å²) < 4.78 is 1.54. The van der Waals surface area contributed by atoms with Gasteiger partial charge in [-0.25, -0.2) is 0 Å². The molecule has 7 heteroatoms. The van der Waals surface area contributed by atoms with Gasteiger partial charge in [-0.05, 0) is 64.3 Å². The first kappa shape index (κ1) is 19.8. The molecule has 2 aromatic rings. The average Bonchev–Trinajstić information content (AvgIpc) is 3.25. The molecule has 1 saturated heterocycles. The third-order valence-electron chi connectivity index (χ3n) is 5.17. The number of aromatic nitrogens is 2. The van der Waals surface area contributed by atoms with Crippen LogP contribution in [0.2, 0.25) is 0 Å². The number of carbonyl (C=O) groups excluding carboxylic acids is 3. The smallest absolute Gasteiger partial charge is 0.253 e. The lowest BCUT2D eigenvalue weighted by molar-refractivity contribution is -0.116. The highest BCUT2D eigenvalue weighted by Crippen LogP contribution is 2.20. The van der Waals surface area contributed by atoms with Crippen molar-refractivity contribution in [3.8, 4) is 0 Å². The Morgan fingerprint density at radius 2 is 1.79 bits per heavy atom. The Labute approximate surface area is 164 Å². The minimum absolute atomic E-state index is 0.0217. The van der Waals surface area contributed by atoms with E-state index in [1.807, 2.05) is 17.9 Å². The highest BCUT2D eigenvalue weighted by atomic mass is 16.2. The van der Waals surface area contributed by atoms with Crippen LogP contribution in [0, 0.1) is 20.8 Å². The molecule has 2 heterocycles. The summed E-state index contributed by atoms with van der Waals surface area (Å²) in [7, 11) is 0. The molecule has 0 aliphatic carbocycles. The Hall–Kier alpha value is -2.96. The first-order valence-electron chi connectivity index (χ1n) is 9.52. The molecule has 3 rings (SSSR count). The third-order valence-corrected chi connectivity index (χ3v) is 5.17. The SMILES string of the molecule is CC(=O)c1c(C)nn(CC(=O)Nc2ccc(C(=O)N3CCCC3)cc2C)c1C. The van der Waals surface area contributed by atoms with E-state index in [1.54, 1.807) is 30.7 Å². The van der Waals surface area contributed by atoms with Crippen LogP contribution in [0.1, 0.15) is 57.4 Å². The maximum atomic E-state index is 12.5. The fraction of sp³-hybridized carbons (Fsp3) is 0.429. The van der Waals surface area contributed by atoms with Gasteiger partial charge in [0, 0.05) is 30.0 Å². The molecular weight excluding hydrogens is 356 g/mol. The van der Waals surface area contributed by atoms with Crippen LogP contribution < -0.4 is 5.32 Å². The standard InChI is InChI=1S/C21H26N4O3/c1-13-11-17(21(28)24-9-5-6-10-24)7-8-18(13)22-19(27)12-25-15(3)20(16(4)26)14(2)23-25/h7-8,11H,5-6,9-10,12H2,1-4H3,(H,22,27). The molecule has 1 N–H and O–H groups in total. The number of hydrogen-bond acceptors (Lipinski definition) is 4. The molecule has 0 unspecified atom stereocenters. The summed E-state index contributed by atoms with van der Waals surface area (Å²) in [6, 6.07) is 5.33. The van der Waals surface area contributed by atoms with E-state index in [2.05, 4.69) is 10.4 Å². The van der Waals surface area contributed by atoms with Crippen molar-refractivity contribution in [3.05, 3.63) is 46.3 Å². The van der Waals surface area contributed by atoms with Crippen molar-refractivity contribution in [2.75, 3.05) is 18.4 Å². The lowest BCUT2D eigenvalue weighted by atomic mass is 10.1. The van der Waals surface area contributed by atoms with E-state index < -0.39 is 0 Å². The van der Waals surface area contributed by atoms with E-state index in [0.29, 0.717) is 28.2 Å². The van der Waals surface area contributed by atoms with Gasteiger partial charge < -0.3 is 10.2 Å². The lowest BCUT2D eigenvalue weighted by Crippen LogP contribution is -2.27. The van der Waals surface area contributed by atoms with Crippen LogP contribution in [0.5, 0.6) is 0 Å². The first-order chi connectivity index (χ1) is 13.3. The monoisotopic (exact) mass is 382 g/mol.